The van der Waals surface area contributed by atoms with Gasteiger partial charge in [0.15, 0.2) is 0 Å². The third-order valence-corrected chi connectivity index (χ3v) is 3.70. The summed E-state index contributed by atoms with van der Waals surface area (Å²) >= 11 is 0. The van der Waals surface area contributed by atoms with E-state index in [-0.39, 0.29) is 11.4 Å². The van der Waals surface area contributed by atoms with Crippen molar-refractivity contribution in [2.75, 3.05) is 13.1 Å². The number of rotatable bonds is 3. The van der Waals surface area contributed by atoms with Crippen LogP contribution in [0.2, 0.25) is 0 Å². The third-order valence-electron chi connectivity index (χ3n) is 3.70. The normalized spacial score (nSPS) is 17.5. The number of aromatic nitrogens is 2. The second-order valence-electron chi connectivity index (χ2n) is 5.36. The Morgan fingerprint density at radius 1 is 1.47 bits per heavy atom. The van der Waals surface area contributed by atoms with E-state index in [9.17, 15) is 4.79 Å². The van der Waals surface area contributed by atoms with Gasteiger partial charge in [-0.25, -0.2) is 4.52 Å². The minimum Gasteiger partial charge on any atom is -0.335 e. The standard InChI is InChI=1S/C14H18N4O/c1-2-6-14(15)9-17(10-14)13(19)11-8-16-18-7-4-3-5-12(11)18/h3-5,7-8H,2,6,9-10,15H2,1H3. The molecular weight excluding hydrogens is 240 g/mol. The topological polar surface area (TPSA) is 63.6 Å². The molecule has 3 rings (SSSR count). The van der Waals surface area contributed by atoms with E-state index in [1.165, 1.54) is 0 Å². The minimum absolute atomic E-state index is 0.0263. The molecule has 0 atom stereocenters. The highest BCUT2D eigenvalue weighted by atomic mass is 16.2. The lowest BCUT2D eigenvalue weighted by Crippen LogP contribution is -2.68. The first-order valence-corrected chi connectivity index (χ1v) is 6.63. The molecule has 0 spiro atoms. The summed E-state index contributed by atoms with van der Waals surface area (Å²) in [6, 6.07) is 5.71. The molecule has 0 aliphatic carbocycles. The van der Waals surface area contributed by atoms with Gasteiger partial charge in [0.25, 0.3) is 5.91 Å². The van der Waals surface area contributed by atoms with Gasteiger partial charge in [-0.3, -0.25) is 4.79 Å². The molecule has 0 radical (unpaired) electrons. The summed E-state index contributed by atoms with van der Waals surface area (Å²) in [6.07, 6.45) is 5.49. The van der Waals surface area contributed by atoms with Crippen LogP contribution in [0.5, 0.6) is 0 Å². The molecule has 5 heteroatoms. The maximum atomic E-state index is 12.4. The van der Waals surface area contributed by atoms with E-state index in [1.807, 2.05) is 24.4 Å². The smallest absolute Gasteiger partial charge is 0.257 e. The quantitative estimate of drug-likeness (QED) is 0.902. The Morgan fingerprint density at radius 3 is 3.00 bits per heavy atom. The molecule has 1 amide bonds. The lowest BCUT2D eigenvalue weighted by atomic mass is 9.86. The molecule has 2 N–H and O–H groups in total. The molecule has 19 heavy (non-hydrogen) atoms. The number of likely N-dealkylation sites (tertiary alicyclic amines) is 1. The van der Waals surface area contributed by atoms with E-state index in [4.69, 9.17) is 5.73 Å². The Labute approximate surface area is 112 Å². The fraction of sp³-hybridized carbons (Fsp3) is 0.429. The van der Waals surface area contributed by atoms with Crippen molar-refractivity contribution in [1.82, 2.24) is 14.5 Å². The van der Waals surface area contributed by atoms with Crippen molar-refractivity contribution >= 4 is 11.4 Å². The van der Waals surface area contributed by atoms with Crippen LogP contribution in [0.25, 0.3) is 5.52 Å². The Morgan fingerprint density at radius 2 is 2.26 bits per heavy atom. The van der Waals surface area contributed by atoms with Crippen molar-refractivity contribution in [1.29, 1.82) is 0 Å². The van der Waals surface area contributed by atoms with Crippen molar-refractivity contribution in [3.63, 3.8) is 0 Å². The molecule has 0 saturated carbocycles. The first-order valence-electron chi connectivity index (χ1n) is 6.63. The van der Waals surface area contributed by atoms with Crippen molar-refractivity contribution in [3.05, 3.63) is 36.2 Å². The van der Waals surface area contributed by atoms with Gasteiger partial charge in [-0.15, -0.1) is 0 Å². The number of hydrogen-bond acceptors (Lipinski definition) is 3. The number of nitrogens with two attached hydrogens (primary N) is 1. The van der Waals surface area contributed by atoms with Gasteiger partial charge in [0.2, 0.25) is 0 Å². The Kier molecular flexibility index (Phi) is 2.78. The highest BCUT2D eigenvalue weighted by Crippen LogP contribution is 2.26. The number of nitrogens with zero attached hydrogens (tertiary/aromatic N) is 3. The first kappa shape index (κ1) is 12.2. The van der Waals surface area contributed by atoms with Crippen LogP contribution < -0.4 is 5.73 Å². The number of fused-ring (bicyclic) bond motifs is 1. The molecular formula is C14H18N4O. The monoisotopic (exact) mass is 258 g/mol. The summed E-state index contributed by atoms with van der Waals surface area (Å²) in [5.41, 5.74) is 7.50. The van der Waals surface area contributed by atoms with Crippen molar-refractivity contribution in [2.45, 2.75) is 25.3 Å². The molecule has 0 aromatic carbocycles. The van der Waals surface area contributed by atoms with Gasteiger partial charge >= 0.3 is 0 Å². The van der Waals surface area contributed by atoms with E-state index in [0.717, 1.165) is 18.4 Å². The average molecular weight is 258 g/mol. The van der Waals surface area contributed by atoms with Gasteiger partial charge in [-0.2, -0.15) is 5.10 Å². The van der Waals surface area contributed by atoms with Crippen LogP contribution in [0, 0.1) is 0 Å². The van der Waals surface area contributed by atoms with Crippen LogP contribution in [0.1, 0.15) is 30.1 Å². The molecule has 5 nitrogen and oxygen atoms in total. The van der Waals surface area contributed by atoms with Crippen molar-refractivity contribution in [3.8, 4) is 0 Å². The van der Waals surface area contributed by atoms with Gasteiger partial charge in [-0.05, 0) is 18.6 Å². The lowest BCUT2D eigenvalue weighted by Gasteiger charge is -2.47. The van der Waals surface area contributed by atoms with Crippen LogP contribution in [-0.4, -0.2) is 39.0 Å². The lowest BCUT2D eigenvalue weighted by molar-refractivity contribution is 0.0388. The van der Waals surface area contributed by atoms with E-state index in [2.05, 4.69) is 12.0 Å². The van der Waals surface area contributed by atoms with E-state index < -0.39 is 0 Å². The summed E-state index contributed by atoms with van der Waals surface area (Å²) in [4.78, 5) is 14.2. The molecule has 1 aliphatic heterocycles. The number of carbonyl (C=O) groups is 1. The van der Waals surface area contributed by atoms with E-state index in [1.54, 1.807) is 15.6 Å². The van der Waals surface area contributed by atoms with Crippen LogP contribution >= 0.6 is 0 Å². The van der Waals surface area contributed by atoms with Crippen LogP contribution in [0.3, 0.4) is 0 Å². The van der Waals surface area contributed by atoms with Crippen molar-refractivity contribution in [2.24, 2.45) is 5.73 Å². The maximum Gasteiger partial charge on any atom is 0.257 e. The van der Waals surface area contributed by atoms with Gasteiger partial charge in [0.05, 0.1) is 22.8 Å². The van der Waals surface area contributed by atoms with Gasteiger partial charge in [0.1, 0.15) is 0 Å². The first-order chi connectivity index (χ1) is 9.13. The Bertz CT molecular complexity index is 613. The Hall–Kier alpha value is -1.88. The average Bonchev–Trinajstić information content (AvgIpc) is 2.79. The molecule has 100 valence electrons. The molecule has 0 unspecified atom stereocenters. The summed E-state index contributed by atoms with van der Waals surface area (Å²) in [7, 11) is 0. The number of carbonyl (C=O) groups excluding carboxylic acids is 1. The minimum atomic E-state index is -0.187. The molecule has 3 heterocycles. The highest BCUT2D eigenvalue weighted by molar-refractivity contribution is 6.01. The predicted octanol–water partition coefficient (Wildman–Crippen LogP) is 1.29. The molecule has 1 saturated heterocycles. The second-order valence-corrected chi connectivity index (χ2v) is 5.36. The predicted molar refractivity (Wildman–Crippen MR) is 72.9 cm³/mol. The fourth-order valence-electron chi connectivity index (χ4n) is 2.78. The molecule has 2 aromatic rings. The Balaban J connectivity index is 1.79. The highest BCUT2D eigenvalue weighted by Gasteiger charge is 2.41. The SMILES string of the molecule is CCCC1(N)CN(C(=O)c2cnn3ccccc23)C1. The number of pyridine rings is 1. The van der Waals surface area contributed by atoms with E-state index >= 15 is 0 Å². The summed E-state index contributed by atoms with van der Waals surface area (Å²) < 4.78 is 1.72. The maximum absolute atomic E-state index is 12.4. The fourth-order valence-corrected chi connectivity index (χ4v) is 2.78. The largest absolute Gasteiger partial charge is 0.335 e. The summed E-state index contributed by atoms with van der Waals surface area (Å²) in [6.45, 7) is 3.40. The van der Waals surface area contributed by atoms with Gasteiger partial charge in [0, 0.05) is 19.3 Å². The molecule has 2 aromatic heterocycles. The van der Waals surface area contributed by atoms with Crippen molar-refractivity contribution < 1.29 is 4.79 Å². The summed E-state index contributed by atoms with van der Waals surface area (Å²) in [5.74, 6) is 0.0263. The zero-order valence-corrected chi connectivity index (χ0v) is 11.0. The van der Waals surface area contributed by atoms with Crippen LogP contribution in [0.4, 0.5) is 0 Å². The number of hydrogen-bond donors (Lipinski definition) is 1. The van der Waals surface area contributed by atoms with Crippen LogP contribution in [0.15, 0.2) is 30.6 Å². The zero-order chi connectivity index (χ0) is 13.5. The second kappa shape index (κ2) is 4.35. The molecule has 1 aliphatic rings. The van der Waals surface area contributed by atoms with Gasteiger partial charge in [-0.1, -0.05) is 19.4 Å². The van der Waals surface area contributed by atoms with Crippen LogP contribution in [-0.2, 0) is 0 Å². The zero-order valence-electron chi connectivity index (χ0n) is 11.0. The summed E-state index contributed by atoms with van der Waals surface area (Å²) in [5, 5.41) is 4.19. The van der Waals surface area contributed by atoms with Gasteiger partial charge < -0.3 is 10.6 Å². The molecule has 1 fully saturated rings. The molecule has 0 bridgehead atoms. The third kappa shape index (κ3) is 2.00. The van der Waals surface area contributed by atoms with E-state index in [0.29, 0.717) is 18.7 Å². The number of amides is 1.